The Morgan fingerprint density at radius 1 is 1.04 bits per heavy atom. The molecular weight excluding hydrogens is 409 g/mol. The highest BCUT2D eigenvalue weighted by atomic mass is 31.3. The molecule has 0 aromatic rings. The standard InChI is InChI=1S/C17H35O7P3/c1-7-16(6,11-9-14(3)4)13-15(5)10-12-17(25,8-2)23-27(21,22)24-26(18,19)20/h9-10H,7-8,11-13,25H2,1-6H3,(H,21,22)(H2,18,19,20)/b15-10+. The second-order valence-electron chi connectivity index (χ2n) is 7.63. The first-order valence-electron chi connectivity index (χ1n) is 8.94. The summed E-state index contributed by atoms with van der Waals surface area (Å²) in [4.78, 5) is 27.1. The fourth-order valence-corrected chi connectivity index (χ4v) is 4.90. The van der Waals surface area contributed by atoms with Gasteiger partial charge in [-0.3, -0.25) is 4.52 Å². The van der Waals surface area contributed by atoms with Gasteiger partial charge >= 0.3 is 15.6 Å². The summed E-state index contributed by atoms with van der Waals surface area (Å²) in [5.74, 6) is 0. The van der Waals surface area contributed by atoms with Crippen LogP contribution in [0.2, 0.25) is 0 Å². The molecule has 4 atom stereocenters. The number of rotatable bonds is 12. The number of hydrogen-bond donors (Lipinski definition) is 3. The highest BCUT2D eigenvalue weighted by molar-refractivity contribution is 7.60. The first-order chi connectivity index (χ1) is 12.1. The van der Waals surface area contributed by atoms with Gasteiger partial charge in [0.25, 0.3) is 0 Å². The van der Waals surface area contributed by atoms with Gasteiger partial charge in [-0.25, -0.2) is 9.13 Å². The first kappa shape index (κ1) is 27.2. The molecule has 0 heterocycles. The summed E-state index contributed by atoms with van der Waals surface area (Å²) in [6, 6.07) is 0. The molecule has 0 aromatic heterocycles. The molecular formula is C17H35O7P3. The maximum Gasteiger partial charge on any atom is 0.481 e. The molecule has 0 aliphatic carbocycles. The van der Waals surface area contributed by atoms with Gasteiger partial charge in [-0.1, -0.05) is 50.5 Å². The first-order valence-corrected chi connectivity index (χ1v) is 12.5. The van der Waals surface area contributed by atoms with Gasteiger partial charge in [0.2, 0.25) is 0 Å². The second-order valence-corrected chi connectivity index (χ2v) is 11.4. The minimum atomic E-state index is -5.14. The fraction of sp³-hybridized carbons (Fsp3) is 0.765. The summed E-state index contributed by atoms with van der Waals surface area (Å²) in [7, 11) is -7.69. The SMILES string of the molecule is CCC(C)(CC=C(C)C)C/C(C)=C/CC(P)(CC)OP(=O)(O)OP(=O)(O)O. The number of hydrogen-bond acceptors (Lipinski definition) is 4. The lowest BCUT2D eigenvalue weighted by Crippen LogP contribution is -2.22. The molecule has 160 valence electrons. The van der Waals surface area contributed by atoms with Crippen LogP contribution in [-0.2, 0) is 18.0 Å². The van der Waals surface area contributed by atoms with Crippen molar-refractivity contribution < 1.29 is 32.6 Å². The van der Waals surface area contributed by atoms with E-state index in [0.717, 1.165) is 24.8 Å². The van der Waals surface area contributed by atoms with Crippen LogP contribution in [0.25, 0.3) is 0 Å². The normalized spacial score (nSPS) is 19.7. The van der Waals surface area contributed by atoms with E-state index in [1.54, 1.807) is 6.92 Å². The zero-order chi connectivity index (χ0) is 21.5. The van der Waals surface area contributed by atoms with Gasteiger partial charge in [0.05, 0.1) is 5.34 Å². The van der Waals surface area contributed by atoms with Crippen molar-refractivity contribution in [2.24, 2.45) is 5.41 Å². The van der Waals surface area contributed by atoms with Crippen molar-refractivity contribution in [1.82, 2.24) is 0 Å². The third-order valence-electron chi connectivity index (χ3n) is 4.46. The van der Waals surface area contributed by atoms with Crippen LogP contribution in [0.15, 0.2) is 23.3 Å². The smallest absolute Gasteiger partial charge is 0.302 e. The van der Waals surface area contributed by atoms with Crippen molar-refractivity contribution in [1.29, 1.82) is 0 Å². The second kappa shape index (κ2) is 10.8. The number of allylic oxidation sites excluding steroid dienone is 3. The minimum absolute atomic E-state index is 0.115. The molecule has 0 saturated carbocycles. The van der Waals surface area contributed by atoms with Crippen LogP contribution in [-0.4, -0.2) is 20.0 Å². The molecule has 27 heavy (non-hydrogen) atoms. The van der Waals surface area contributed by atoms with Crippen LogP contribution >= 0.6 is 24.9 Å². The van der Waals surface area contributed by atoms with E-state index in [2.05, 4.69) is 47.3 Å². The van der Waals surface area contributed by atoms with Gasteiger partial charge < -0.3 is 14.7 Å². The van der Waals surface area contributed by atoms with Crippen LogP contribution in [0.1, 0.15) is 73.6 Å². The Labute approximate surface area is 165 Å². The Kier molecular flexibility index (Phi) is 10.9. The molecule has 3 N–H and O–H groups in total. The molecule has 10 heteroatoms. The molecule has 0 amide bonds. The molecule has 0 radical (unpaired) electrons. The van der Waals surface area contributed by atoms with Gasteiger partial charge in [0.15, 0.2) is 0 Å². The third kappa shape index (κ3) is 12.4. The zero-order valence-corrected chi connectivity index (χ0v) is 20.1. The quantitative estimate of drug-likeness (QED) is 0.262. The topological polar surface area (TPSA) is 113 Å². The summed E-state index contributed by atoms with van der Waals surface area (Å²) in [6.45, 7) is 12.3. The Balaban J connectivity index is 5.15. The Morgan fingerprint density at radius 2 is 1.59 bits per heavy atom. The zero-order valence-electron chi connectivity index (χ0n) is 17.1. The van der Waals surface area contributed by atoms with Crippen molar-refractivity contribution in [2.45, 2.75) is 79.0 Å². The molecule has 0 spiro atoms. The average Bonchev–Trinajstić information content (AvgIpc) is 2.48. The molecule has 0 fully saturated rings. The van der Waals surface area contributed by atoms with Crippen LogP contribution in [0.5, 0.6) is 0 Å². The van der Waals surface area contributed by atoms with E-state index >= 15 is 0 Å². The van der Waals surface area contributed by atoms with Gasteiger partial charge in [0, 0.05) is 0 Å². The van der Waals surface area contributed by atoms with E-state index in [1.807, 2.05) is 13.0 Å². The maximum absolute atomic E-state index is 11.9. The number of phosphoric acid groups is 2. The van der Waals surface area contributed by atoms with Crippen LogP contribution in [0.3, 0.4) is 0 Å². The third-order valence-corrected chi connectivity index (χ3v) is 7.69. The van der Waals surface area contributed by atoms with Gasteiger partial charge in [-0.2, -0.15) is 4.31 Å². The van der Waals surface area contributed by atoms with E-state index in [0.29, 0.717) is 6.42 Å². The van der Waals surface area contributed by atoms with Crippen molar-refractivity contribution in [2.75, 3.05) is 0 Å². The van der Waals surface area contributed by atoms with E-state index in [1.165, 1.54) is 5.57 Å². The van der Waals surface area contributed by atoms with Crippen molar-refractivity contribution in [3.63, 3.8) is 0 Å². The van der Waals surface area contributed by atoms with Gasteiger partial charge in [0.1, 0.15) is 0 Å². The summed E-state index contributed by atoms with van der Waals surface area (Å²) < 4.78 is 31.6. The molecule has 0 aliphatic rings. The highest BCUT2D eigenvalue weighted by Gasteiger charge is 2.39. The molecule has 0 rings (SSSR count). The van der Waals surface area contributed by atoms with Crippen molar-refractivity contribution in [3.8, 4) is 0 Å². The van der Waals surface area contributed by atoms with E-state index < -0.39 is 21.0 Å². The van der Waals surface area contributed by atoms with Crippen LogP contribution in [0.4, 0.5) is 0 Å². The van der Waals surface area contributed by atoms with Gasteiger partial charge in [-0.05, 0) is 51.9 Å². The lowest BCUT2D eigenvalue weighted by molar-refractivity contribution is 0.101. The highest BCUT2D eigenvalue weighted by Crippen LogP contribution is 2.61. The monoisotopic (exact) mass is 444 g/mol. The lowest BCUT2D eigenvalue weighted by atomic mass is 9.78. The Morgan fingerprint density at radius 3 is 2.00 bits per heavy atom. The van der Waals surface area contributed by atoms with E-state index in [4.69, 9.17) is 14.3 Å². The molecule has 0 bridgehead atoms. The average molecular weight is 444 g/mol. The van der Waals surface area contributed by atoms with Gasteiger partial charge in [-0.15, -0.1) is 9.24 Å². The maximum atomic E-state index is 11.9. The van der Waals surface area contributed by atoms with E-state index in [9.17, 15) is 14.0 Å². The number of phosphoric ester groups is 1. The summed E-state index contributed by atoms with van der Waals surface area (Å²) in [5, 5.41) is -1.16. The van der Waals surface area contributed by atoms with Crippen molar-refractivity contribution in [3.05, 3.63) is 23.3 Å². The summed E-state index contributed by atoms with van der Waals surface area (Å²) >= 11 is 0. The molecule has 0 saturated heterocycles. The minimum Gasteiger partial charge on any atom is -0.302 e. The molecule has 0 aliphatic heterocycles. The largest absolute Gasteiger partial charge is 0.481 e. The predicted molar refractivity (Wildman–Crippen MR) is 112 cm³/mol. The summed E-state index contributed by atoms with van der Waals surface area (Å²) in [6.07, 6.45) is 7.64. The van der Waals surface area contributed by atoms with Crippen LogP contribution in [0, 0.1) is 5.41 Å². The lowest BCUT2D eigenvalue weighted by Gasteiger charge is -2.30. The van der Waals surface area contributed by atoms with Crippen molar-refractivity contribution >= 4 is 24.9 Å². The predicted octanol–water partition coefficient (Wildman–Crippen LogP) is 5.69. The molecule has 7 nitrogen and oxygen atoms in total. The fourth-order valence-electron chi connectivity index (χ4n) is 2.51. The Hall–Kier alpha value is 0.170. The summed E-state index contributed by atoms with van der Waals surface area (Å²) in [5.41, 5.74) is 2.52. The van der Waals surface area contributed by atoms with E-state index in [-0.39, 0.29) is 11.8 Å². The van der Waals surface area contributed by atoms with Crippen LogP contribution < -0.4 is 0 Å². The molecule has 4 unspecified atom stereocenters. The Bertz CT molecular complexity index is 636. The molecule has 0 aromatic carbocycles.